The van der Waals surface area contributed by atoms with E-state index in [1.165, 1.54) is 6.07 Å². The highest BCUT2D eigenvalue weighted by Crippen LogP contribution is 2.30. The van der Waals surface area contributed by atoms with Crippen LogP contribution >= 0.6 is 11.6 Å². The van der Waals surface area contributed by atoms with Gasteiger partial charge in [-0.3, -0.25) is 14.9 Å². The molecule has 0 heterocycles. The van der Waals surface area contributed by atoms with Crippen LogP contribution in [0.2, 0.25) is 5.02 Å². The van der Waals surface area contributed by atoms with E-state index in [4.69, 9.17) is 17.3 Å². The lowest BCUT2D eigenvalue weighted by molar-refractivity contribution is -0.383. The Bertz CT molecular complexity index is 524. The molecule has 0 unspecified atom stereocenters. The molecule has 19 heavy (non-hydrogen) atoms. The number of benzene rings is 1. The molecule has 7 heteroatoms. The van der Waals surface area contributed by atoms with Crippen LogP contribution in [0.25, 0.3) is 0 Å². The van der Waals surface area contributed by atoms with E-state index in [1.807, 2.05) is 20.8 Å². The number of nitro groups is 1. The van der Waals surface area contributed by atoms with Gasteiger partial charge in [0.05, 0.1) is 16.5 Å². The summed E-state index contributed by atoms with van der Waals surface area (Å²) in [6.45, 7) is 5.82. The van der Waals surface area contributed by atoms with Crippen molar-refractivity contribution in [2.75, 3.05) is 12.3 Å². The first kappa shape index (κ1) is 15.4. The van der Waals surface area contributed by atoms with Gasteiger partial charge < -0.3 is 11.1 Å². The fraction of sp³-hybridized carbons (Fsp3) is 0.417. The average Bonchev–Trinajstić information content (AvgIpc) is 2.28. The molecule has 104 valence electrons. The minimum atomic E-state index is -0.658. The van der Waals surface area contributed by atoms with Crippen LogP contribution in [-0.2, 0) is 0 Å². The Morgan fingerprint density at radius 2 is 2.05 bits per heavy atom. The first-order chi connectivity index (χ1) is 8.61. The van der Waals surface area contributed by atoms with Gasteiger partial charge in [0.25, 0.3) is 5.69 Å². The topological polar surface area (TPSA) is 98.3 Å². The number of ketones is 1. The van der Waals surface area contributed by atoms with Crippen LogP contribution in [0.1, 0.15) is 31.1 Å². The largest absolute Gasteiger partial charge is 0.392 e. The molecule has 0 atom stereocenters. The van der Waals surface area contributed by atoms with Gasteiger partial charge in [-0.2, -0.15) is 0 Å². The summed E-state index contributed by atoms with van der Waals surface area (Å²) < 4.78 is 0. The number of hydrogen-bond acceptors (Lipinski definition) is 5. The van der Waals surface area contributed by atoms with Crippen LogP contribution in [0.4, 0.5) is 11.4 Å². The van der Waals surface area contributed by atoms with Crippen molar-refractivity contribution in [1.82, 2.24) is 5.32 Å². The molecule has 0 aliphatic rings. The maximum Gasteiger partial charge on any atom is 0.294 e. The minimum Gasteiger partial charge on any atom is -0.392 e. The number of nitrogens with zero attached hydrogens (tertiary/aromatic N) is 1. The Balaban J connectivity index is 3.02. The predicted octanol–water partition coefficient (Wildman–Crippen LogP) is 2.40. The SMILES string of the molecule is CC(C)(C)NCC(=O)c1cc(Cl)c(N)c([N+](=O)[O-])c1. The highest BCUT2D eigenvalue weighted by molar-refractivity contribution is 6.34. The standard InChI is InChI=1S/C12H16ClN3O3/c1-12(2,3)15-6-10(17)7-4-8(13)11(14)9(5-7)16(18)19/h4-5,15H,6,14H2,1-3H3. The molecule has 0 spiro atoms. The number of anilines is 1. The van der Waals surface area contributed by atoms with E-state index in [0.29, 0.717) is 0 Å². The number of carbonyl (C=O) groups is 1. The molecule has 0 aliphatic carbocycles. The fourth-order valence-electron chi connectivity index (χ4n) is 1.36. The van der Waals surface area contributed by atoms with Crippen LogP contribution in [0.5, 0.6) is 0 Å². The Morgan fingerprint density at radius 3 is 2.53 bits per heavy atom. The lowest BCUT2D eigenvalue weighted by atomic mass is 10.1. The first-order valence-electron chi connectivity index (χ1n) is 5.63. The second kappa shape index (κ2) is 5.54. The number of halogens is 1. The number of nitrogens with two attached hydrogens (primary N) is 1. The molecule has 0 fully saturated rings. The molecule has 1 aromatic carbocycles. The van der Waals surface area contributed by atoms with Gasteiger partial charge in [0.2, 0.25) is 0 Å². The molecule has 0 amide bonds. The quantitative estimate of drug-likeness (QED) is 0.383. The summed E-state index contributed by atoms with van der Waals surface area (Å²) in [6, 6.07) is 2.49. The summed E-state index contributed by atoms with van der Waals surface area (Å²) in [6.07, 6.45) is 0. The zero-order chi connectivity index (χ0) is 14.8. The van der Waals surface area contributed by atoms with Crippen LogP contribution < -0.4 is 11.1 Å². The highest BCUT2D eigenvalue weighted by atomic mass is 35.5. The molecule has 0 radical (unpaired) electrons. The van der Waals surface area contributed by atoms with Gasteiger partial charge in [-0.1, -0.05) is 11.6 Å². The smallest absolute Gasteiger partial charge is 0.294 e. The third-order valence-electron chi connectivity index (χ3n) is 2.41. The summed E-state index contributed by atoms with van der Waals surface area (Å²) in [4.78, 5) is 22.1. The van der Waals surface area contributed by atoms with Gasteiger partial charge in [-0.25, -0.2) is 0 Å². The maximum atomic E-state index is 11.9. The normalized spacial score (nSPS) is 11.4. The molecular weight excluding hydrogens is 270 g/mol. The average molecular weight is 286 g/mol. The van der Waals surface area contributed by atoms with Crippen molar-refractivity contribution < 1.29 is 9.72 Å². The van der Waals surface area contributed by atoms with E-state index in [9.17, 15) is 14.9 Å². The second-order valence-electron chi connectivity index (χ2n) is 5.17. The summed E-state index contributed by atoms with van der Waals surface area (Å²) >= 11 is 5.80. The third kappa shape index (κ3) is 4.18. The van der Waals surface area contributed by atoms with Gasteiger partial charge in [-0.05, 0) is 26.8 Å². The first-order valence-corrected chi connectivity index (χ1v) is 6.01. The molecule has 0 bridgehead atoms. The van der Waals surface area contributed by atoms with Crippen molar-refractivity contribution in [3.63, 3.8) is 0 Å². The van der Waals surface area contributed by atoms with Crippen LogP contribution in [0.3, 0.4) is 0 Å². The van der Waals surface area contributed by atoms with E-state index in [1.54, 1.807) is 0 Å². The number of rotatable bonds is 4. The number of Topliss-reactive ketones (excluding diaryl/α,β-unsaturated/α-hetero) is 1. The maximum absolute atomic E-state index is 11.9. The molecule has 0 saturated heterocycles. The van der Waals surface area contributed by atoms with Gasteiger partial charge in [-0.15, -0.1) is 0 Å². The molecular formula is C12H16ClN3O3. The monoisotopic (exact) mass is 285 g/mol. The molecule has 0 aliphatic heterocycles. The zero-order valence-electron chi connectivity index (χ0n) is 11.0. The van der Waals surface area contributed by atoms with Crippen molar-refractivity contribution >= 4 is 28.8 Å². The molecule has 6 nitrogen and oxygen atoms in total. The van der Waals surface area contributed by atoms with Gasteiger partial charge in [0.1, 0.15) is 5.69 Å². The second-order valence-corrected chi connectivity index (χ2v) is 5.58. The van der Waals surface area contributed by atoms with Crippen molar-refractivity contribution in [2.45, 2.75) is 26.3 Å². The van der Waals surface area contributed by atoms with Crippen molar-refractivity contribution in [2.24, 2.45) is 0 Å². The van der Waals surface area contributed by atoms with E-state index >= 15 is 0 Å². The molecule has 1 aromatic rings. The summed E-state index contributed by atoms with van der Waals surface area (Å²) in [5, 5.41) is 13.8. The predicted molar refractivity (Wildman–Crippen MR) is 74.6 cm³/mol. The lowest BCUT2D eigenvalue weighted by Gasteiger charge is -2.19. The summed E-state index contributed by atoms with van der Waals surface area (Å²) in [5.74, 6) is -0.278. The Kier molecular flexibility index (Phi) is 4.49. The van der Waals surface area contributed by atoms with Gasteiger partial charge in [0, 0.05) is 17.2 Å². The Hall–Kier alpha value is -1.66. The number of carbonyl (C=O) groups excluding carboxylic acids is 1. The Labute approximate surface area is 116 Å². The molecule has 3 N–H and O–H groups in total. The van der Waals surface area contributed by atoms with Crippen LogP contribution in [-0.4, -0.2) is 22.8 Å². The van der Waals surface area contributed by atoms with Gasteiger partial charge >= 0.3 is 0 Å². The fourth-order valence-corrected chi connectivity index (χ4v) is 1.58. The highest BCUT2D eigenvalue weighted by Gasteiger charge is 2.20. The van der Waals surface area contributed by atoms with E-state index in [-0.39, 0.29) is 39.8 Å². The minimum absolute atomic E-state index is 0.00769. The zero-order valence-corrected chi connectivity index (χ0v) is 11.7. The van der Waals surface area contributed by atoms with Gasteiger partial charge in [0.15, 0.2) is 5.78 Å². The van der Waals surface area contributed by atoms with E-state index < -0.39 is 4.92 Å². The van der Waals surface area contributed by atoms with Crippen LogP contribution in [0, 0.1) is 10.1 Å². The summed E-state index contributed by atoms with van der Waals surface area (Å²) in [5.41, 5.74) is 4.95. The van der Waals surface area contributed by atoms with Crippen molar-refractivity contribution in [3.05, 3.63) is 32.8 Å². The summed E-state index contributed by atoms with van der Waals surface area (Å²) in [7, 11) is 0. The van der Waals surface area contributed by atoms with E-state index in [0.717, 1.165) is 6.07 Å². The molecule has 0 aromatic heterocycles. The number of hydrogen-bond donors (Lipinski definition) is 2. The number of nitrogens with one attached hydrogen (secondary N) is 1. The van der Waals surface area contributed by atoms with Crippen LogP contribution in [0.15, 0.2) is 12.1 Å². The lowest BCUT2D eigenvalue weighted by Crippen LogP contribution is -2.39. The Morgan fingerprint density at radius 1 is 1.47 bits per heavy atom. The molecule has 1 rings (SSSR count). The third-order valence-corrected chi connectivity index (χ3v) is 2.72. The molecule has 0 saturated carbocycles. The van der Waals surface area contributed by atoms with Crippen molar-refractivity contribution in [1.29, 1.82) is 0 Å². The number of nitro benzene ring substituents is 1. The van der Waals surface area contributed by atoms with Crippen molar-refractivity contribution in [3.8, 4) is 0 Å². The number of nitrogen functional groups attached to an aromatic ring is 1. The van der Waals surface area contributed by atoms with E-state index in [2.05, 4.69) is 5.32 Å².